The van der Waals surface area contributed by atoms with Gasteiger partial charge in [0.15, 0.2) is 5.75 Å². The lowest BCUT2D eigenvalue weighted by Gasteiger charge is -2.36. The summed E-state index contributed by atoms with van der Waals surface area (Å²) < 4.78 is 11.4. The Bertz CT molecular complexity index is 1440. The van der Waals surface area contributed by atoms with E-state index in [2.05, 4.69) is 41.6 Å². The fourth-order valence-corrected chi connectivity index (χ4v) is 6.12. The summed E-state index contributed by atoms with van der Waals surface area (Å²) >= 11 is 12.4. The van der Waals surface area contributed by atoms with Crippen molar-refractivity contribution < 1.29 is 19.1 Å². The van der Waals surface area contributed by atoms with Crippen LogP contribution in [-0.2, 0) is 11.3 Å². The van der Waals surface area contributed by atoms with Gasteiger partial charge < -0.3 is 25.0 Å². The summed E-state index contributed by atoms with van der Waals surface area (Å²) in [5.74, 6) is 0.274. The molecular weight excluding hydrogens is 587 g/mol. The summed E-state index contributed by atoms with van der Waals surface area (Å²) in [5.41, 5.74) is 4.97. The van der Waals surface area contributed by atoms with E-state index >= 15 is 0 Å². The lowest BCUT2D eigenvalue weighted by molar-refractivity contribution is -0.138. The van der Waals surface area contributed by atoms with Gasteiger partial charge in [-0.3, -0.25) is 9.59 Å². The van der Waals surface area contributed by atoms with E-state index in [1.54, 1.807) is 24.3 Å². The maximum absolute atomic E-state index is 13.9. The molecule has 2 aliphatic rings. The van der Waals surface area contributed by atoms with Crippen molar-refractivity contribution in [1.82, 2.24) is 20.5 Å². The van der Waals surface area contributed by atoms with E-state index < -0.39 is 0 Å². The first-order chi connectivity index (χ1) is 20.7. The number of nitrogens with one attached hydrogen (secondary N) is 2. The number of amides is 2. The third-order valence-electron chi connectivity index (χ3n) is 8.16. The maximum Gasteiger partial charge on any atom is 0.253 e. The first-order valence-corrected chi connectivity index (χ1v) is 15.5. The predicted octanol–water partition coefficient (Wildman–Crippen LogP) is 5.67. The molecule has 2 unspecified atom stereocenters. The lowest BCUT2D eigenvalue weighted by Crippen LogP contribution is -2.55. The molecule has 2 heterocycles. The molecule has 2 aromatic carbocycles. The van der Waals surface area contributed by atoms with Crippen LogP contribution in [0.5, 0.6) is 11.6 Å². The summed E-state index contributed by atoms with van der Waals surface area (Å²) in [6.07, 6.45) is 4.20. The van der Waals surface area contributed by atoms with Crippen LogP contribution in [0.4, 0.5) is 0 Å². The van der Waals surface area contributed by atoms with E-state index in [1.807, 2.05) is 17.9 Å². The largest absolute Gasteiger partial charge is 0.487 e. The first-order valence-electron chi connectivity index (χ1n) is 14.8. The van der Waals surface area contributed by atoms with Crippen LogP contribution >= 0.6 is 23.2 Å². The summed E-state index contributed by atoms with van der Waals surface area (Å²) in [6, 6.07) is 13.1. The SMILES string of the molecule is Cc1cc(Cl)c(OCCOc2ccc(C(=O)NC3CCNCC3C(=O)N(Cc3cccc(C)c3C)C3CC3)cn2)c(Cl)c1. The Morgan fingerprint density at radius 1 is 1.02 bits per heavy atom. The predicted molar refractivity (Wildman–Crippen MR) is 168 cm³/mol. The zero-order valence-electron chi connectivity index (χ0n) is 24.8. The molecule has 1 saturated carbocycles. The number of aryl methyl sites for hydroxylation is 2. The van der Waals surface area contributed by atoms with Gasteiger partial charge in [-0.05, 0) is 87.0 Å². The number of aromatic nitrogens is 1. The average Bonchev–Trinajstić information content (AvgIpc) is 3.83. The topological polar surface area (TPSA) is 92.8 Å². The van der Waals surface area contributed by atoms with Gasteiger partial charge in [0, 0.05) is 37.4 Å². The summed E-state index contributed by atoms with van der Waals surface area (Å²) in [6.45, 7) is 8.42. The monoisotopic (exact) mass is 624 g/mol. The Labute approximate surface area is 263 Å². The third kappa shape index (κ3) is 7.80. The van der Waals surface area contributed by atoms with E-state index in [9.17, 15) is 9.59 Å². The van der Waals surface area contributed by atoms with Gasteiger partial charge in [-0.2, -0.15) is 0 Å². The maximum atomic E-state index is 13.9. The number of hydrogen-bond donors (Lipinski definition) is 2. The number of ether oxygens (including phenoxy) is 2. The van der Waals surface area contributed by atoms with Crippen molar-refractivity contribution in [2.24, 2.45) is 5.92 Å². The van der Waals surface area contributed by atoms with Gasteiger partial charge in [-0.25, -0.2) is 4.98 Å². The number of rotatable bonds is 11. The van der Waals surface area contributed by atoms with Gasteiger partial charge in [0.1, 0.15) is 13.2 Å². The van der Waals surface area contributed by atoms with E-state index in [0.29, 0.717) is 46.7 Å². The minimum absolute atomic E-state index is 0.0956. The smallest absolute Gasteiger partial charge is 0.253 e. The zero-order valence-corrected chi connectivity index (χ0v) is 26.3. The van der Waals surface area contributed by atoms with Crippen molar-refractivity contribution in [3.63, 3.8) is 0 Å². The molecule has 0 spiro atoms. The van der Waals surface area contributed by atoms with Crippen molar-refractivity contribution in [2.45, 2.75) is 58.7 Å². The van der Waals surface area contributed by atoms with Gasteiger partial charge in [0.2, 0.25) is 11.8 Å². The van der Waals surface area contributed by atoms with E-state index in [-0.39, 0.29) is 43.0 Å². The molecule has 5 rings (SSSR count). The fraction of sp³-hybridized carbons (Fsp3) is 0.424. The van der Waals surface area contributed by atoms with Crippen LogP contribution in [0.3, 0.4) is 0 Å². The number of carbonyl (C=O) groups is 2. The van der Waals surface area contributed by atoms with Crippen molar-refractivity contribution in [2.75, 3.05) is 26.3 Å². The van der Waals surface area contributed by atoms with Crippen LogP contribution in [0.1, 0.15) is 51.9 Å². The molecule has 2 atom stereocenters. The number of halogens is 2. The Morgan fingerprint density at radius 3 is 2.47 bits per heavy atom. The van der Waals surface area contributed by atoms with Crippen LogP contribution in [0.15, 0.2) is 48.7 Å². The summed E-state index contributed by atoms with van der Waals surface area (Å²) in [7, 11) is 0. The second-order valence-corrected chi connectivity index (χ2v) is 12.2. The minimum atomic E-state index is -0.338. The van der Waals surface area contributed by atoms with E-state index in [4.69, 9.17) is 32.7 Å². The normalized spacial score (nSPS) is 18.2. The number of carbonyl (C=O) groups excluding carboxylic acids is 2. The Kier molecular flexibility index (Phi) is 10.1. The number of piperidine rings is 1. The molecule has 8 nitrogen and oxygen atoms in total. The zero-order chi connectivity index (χ0) is 30.5. The number of hydrogen-bond acceptors (Lipinski definition) is 6. The molecule has 1 saturated heterocycles. The van der Waals surface area contributed by atoms with E-state index in [1.165, 1.54) is 22.9 Å². The quantitative estimate of drug-likeness (QED) is 0.267. The van der Waals surface area contributed by atoms with Crippen LogP contribution in [-0.4, -0.2) is 60.1 Å². The van der Waals surface area contributed by atoms with Gasteiger partial charge in [0.05, 0.1) is 21.5 Å². The standard InChI is InChI=1S/C33H38Cl2N4O4/c1-20-15-27(34)31(28(35)16-20)43-14-13-42-30-10-7-23(17-37-30)32(40)38-29-11-12-36-18-26(29)33(41)39(25-8-9-25)19-24-6-4-5-21(2)22(24)3/h4-7,10,15-17,25-26,29,36H,8-9,11-14,18-19H2,1-3H3,(H,38,40). The fourth-order valence-electron chi connectivity index (χ4n) is 5.41. The van der Waals surface area contributed by atoms with Crippen LogP contribution in [0.25, 0.3) is 0 Å². The molecule has 0 bridgehead atoms. The Morgan fingerprint density at radius 2 is 1.77 bits per heavy atom. The Balaban J connectivity index is 1.16. The van der Waals surface area contributed by atoms with Crippen LogP contribution in [0, 0.1) is 26.7 Å². The molecule has 2 fully saturated rings. The van der Waals surface area contributed by atoms with Crippen LogP contribution in [0.2, 0.25) is 10.0 Å². The molecule has 2 N–H and O–H groups in total. The van der Waals surface area contributed by atoms with Gasteiger partial charge in [0.25, 0.3) is 5.91 Å². The molecule has 228 valence electrons. The molecule has 1 aromatic heterocycles. The van der Waals surface area contributed by atoms with Gasteiger partial charge >= 0.3 is 0 Å². The van der Waals surface area contributed by atoms with Crippen molar-refractivity contribution >= 4 is 35.0 Å². The molecule has 43 heavy (non-hydrogen) atoms. The first kappa shape index (κ1) is 31.1. The number of nitrogens with zero attached hydrogens (tertiary/aromatic N) is 2. The second kappa shape index (κ2) is 14.0. The molecule has 1 aliphatic carbocycles. The average molecular weight is 626 g/mol. The summed E-state index contributed by atoms with van der Waals surface area (Å²) in [5, 5.41) is 7.36. The lowest BCUT2D eigenvalue weighted by atomic mass is 9.91. The molecular formula is C33H38Cl2N4O4. The molecule has 0 radical (unpaired) electrons. The van der Waals surface area contributed by atoms with Gasteiger partial charge in [-0.1, -0.05) is 41.4 Å². The van der Waals surface area contributed by atoms with Crippen molar-refractivity contribution in [1.29, 1.82) is 0 Å². The number of benzene rings is 2. The second-order valence-electron chi connectivity index (χ2n) is 11.4. The van der Waals surface area contributed by atoms with E-state index in [0.717, 1.165) is 24.9 Å². The molecule has 10 heteroatoms. The van der Waals surface area contributed by atoms with Gasteiger partial charge in [-0.15, -0.1) is 0 Å². The Hall–Kier alpha value is -3.33. The highest BCUT2D eigenvalue weighted by molar-refractivity contribution is 6.37. The minimum Gasteiger partial charge on any atom is -0.487 e. The molecule has 3 aromatic rings. The van der Waals surface area contributed by atoms with Crippen molar-refractivity contribution in [3.8, 4) is 11.6 Å². The highest BCUT2D eigenvalue weighted by atomic mass is 35.5. The number of pyridine rings is 1. The summed E-state index contributed by atoms with van der Waals surface area (Å²) in [4.78, 5) is 33.4. The highest BCUT2D eigenvalue weighted by Crippen LogP contribution is 2.34. The highest BCUT2D eigenvalue weighted by Gasteiger charge is 2.40. The molecule has 1 aliphatic heterocycles. The van der Waals surface area contributed by atoms with Crippen molar-refractivity contribution in [3.05, 3.63) is 86.5 Å². The van der Waals surface area contributed by atoms with Crippen LogP contribution < -0.4 is 20.1 Å². The molecule has 2 amide bonds. The third-order valence-corrected chi connectivity index (χ3v) is 8.73.